The molecule has 3 rings (SSSR count). The number of esters is 1. The van der Waals surface area contributed by atoms with Gasteiger partial charge in [0.1, 0.15) is 11.6 Å². The van der Waals surface area contributed by atoms with Gasteiger partial charge in [0.15, 0.2) is 6.61 Å². The molecule has 0 aliphatic carbocycles. The van der Waals surface area contributed by atoms with Crippen molar-refractivity contribution in [1.82, 2.24) is 0 Å². The Morgan fingerprint density at radius 2 is 1.86 bits per heavy atom. The summed E-state index contributed by atoms with van der Waals surface area (Å²) in [4.78, 5) is 26.5. The van der Waals surface area contributed by atoms with Gasteiger partial charge in [-0.25, -0.2) is 9.18 Å². The van der Waals surface area contributed by atoms with E-state index in [0.29, 0.717) is 24.7 Å². The molecule has 0 aromatic heterocycles. The summed E-state index contributed by atoms with van der Waals surface area (Å²) >= 11 is 0. The van der Waals surface area contributed by atoms with Gasteiger partial charge in [-0.05, 0) is 42.5 Å². The number of methoxy groups -OCH3 is 1. The average molecular weight is 388 g/mol. The maximum atomic E-state index is 12.9. The first-order valence-corrected chi connectivity index (χ1v) is 8.80. The minimum Gasteiger partial charge on any atom is -0.484 e. The maximum Gasteiger partial charge on any atom is 0.340 e. The molecule has 1 amide bonds. The molecule has 8 heteroatoms. The Bertz CT molecular complexity index is 835. The van der Waals surface area contributed by atoms with Crippen molar-refractivity contribution in [2.75, 3.05) is 50.2 Å². The highest BCUT2D eigenvalue weighted by Crippen LogP contribution is 2.25. The van der Waals surface area contributed by atoms with Gasteiger partial charge in [0.2, 0.25) is 0 Å². The Hall–Kier alpha value is -3.13. The fourth-order valence-corrected chi connectivity index (χ4v) is 2.80. The number of anilines is 2. The van der Waals surface area contributed by atoms with Gasteiger partial charge in [-0.2, -0.15) is 0 Å². The zero-order valence-corrected chi connectivity index (χ0v) is 15.4. The Morgan fingerprint density at radius 3 is 2.54 bits per heavy atom. The van der Waals surface area contributed by atoms with E-state index in [9.17, 15) is 14.0 Å². The molecule has 1 aliphatic rings. The number of halogens is 1. The predicted octanol–water partition coefficient (Wildman–Crippen LogP) is 2.47. The Labute approximate surface area is 162 Å². The average Bonchev–Trinajstić information content (AvgIpc) is 2.73. The van der Waals surface area contributed by atoms with Gasteiger partial charge in [0.25, 0.3) is 5.91 Å². The number of carbonyl (C=O) groups is 2. The molecule has 28 heavy (non-hydrogen) atoms. The van der Waals surface area contributed by atoms with Gasteiger partial charge in [-0.3, -0.25) is 4.79 Å². The lowest BCUT2D eigenvalue weighted by Gasteiger charge is -2.29. The van der Waals surface area contributed by atoms with E-state index in [1.807, 2.05) is 6.07 Å². The Morgan fingerprint density at radius 1 is 1.14 bits per heavy atom. The third kappa shape index (κ3) is 4.98. The van der Waals surface area contributed by atoms with Crippen LogP contribution in [0.4, 0.5) is 15.8 Å². The van der Waals surface area contributed by atoms with Crippen LogP contribution in [0.1, 0.15) is 10.4 Å². The first kappa shape index (κ1) is 19.6. The Balaban J connectivity index is 1.69. The highest BCUT2D eigenvalue weighted by Gasteiger charge is 2.18. The van der Waals surface area contributed by atoms with Gasteiger partial charge in [-0.15, -0.1) is 0 Å². The molecule has 2 aromatic carbocycles. The van der Waals surface area contributed by atoms with E-state index in [4.69, 9.17) is 14.2 Å². The number of amides is 1. The lowest BCUT2D eigenvalue weighted by Crippen LogP contribution is -2.36. The standard InChI is InChI=1S/C20H21FN2O5/c1-26-20(25)17-12-15(23-8-10-27-11-9-23)4-7-18(17)22-19(24)13-28-16-5-2-14(21)3-6-16/h2-7,12H,8-11,13H2,1H3,(H,22,24). The number of morpholine rings is 1. The first-order chi connectivity index (χ1) is 13.6. The Kier molecular flexibility index (Phi) is 6.44. The molecule has 0 saturated carbocycles. The first-order valence-electron chi connectivity index (χ1n) is 8.80. The maximum absolute atomic E-state index is 12.9. The second kappa shape index (κ2) is 9.18. The second-order valence-electron chi connectivity index (χ2n) is 6.11. The molecule has 148 valence electrons. The van der Waals surface area contributed by atoms with Crippen molar-refractivity contribution in [2.45, 2.75) is 0 Å². The summed E-state index contributed by atoms with van der Waals surface area (Å²) in [5.41, 5.74) is 1.43. The number of hydrogen-bond donors (Lipinski definition) is 1. The zero-order valence-electron chi connectivity index (χ0n) is 15.4. The van der Waals surface area contributed by atoms with Crippen LogP contribution in [-0.4, -0.2) is 51.9 Å². The number of benzene rings is 2. The summed E-state index contributed by atoms with van der Waals surface area (Å²) in [6.45, 7) is 2.40. The summed E-state index contributed by atoms with van der Waals surface area (Å²) < 4.78 is 28.4. The van der Waals surface area contributed by atoms with Crippen molar-refractivity contribution < 1.29 is 28.2 Å². The van der Waals surface area contributed by atoms with E-state index >= 15 is 0 Å². The third-order valence-corrected chi connectivity index (χ3v) is 4.24. The van der Waals surface area contributed by atoms with Gasteiger partial charge in [0, 0.05) is 18.8 Å². The minimum absolute atomic E-state index is 0.252. The van der Waals surface area contributed by atoms with Gasteiger partial charge >= 0.3 is 5.97 Å². The number of ether oxygens (including phenoxy) is 3. The van der Waals surface area contributed by atoms with Crippen molar-refractivity contribution in [3.8, 4) is 5.75 Å². The highest BCUT2D eigenvalue weighted by atomic mass is 19.1. The summed E-state index contributed by atoms with van der Waals surface area (Å²) in [6.07, 6.45) is 0. The van der Waals surface area contributed by atoms with Crippen LogP contribution in [0, 0.1) is 5.82 Å². The predicted molar refractivity (Wildman–Crippen MR) is 101 cm³/mol. The fraction of sp³-hybridized carbons (Fsp3) is 0.300. The van der Waals surface area contributed by atoms with Gasteiger partial charge in [-0.1, -0.05) is 0 Å². The molecule has 0 atom stereocenters. The van der Waals surface area contributed by atoms with Crippen LogP contribution >= 0.6 is 0 Å². The second-order valence-corrected chi connectivity index (χ2v) is 6.11. The van der Waals surface area contributed by atoms with Crippen molar-refractivity contribution >= 4 is 23.3 Å². The summed E-state index contributed by atoms with van der Waals surface area (Å²) in [6, 6.07) is 10.5. The van der Waals surface area contributed by atoms with Crippen LogP contribution in [-0.2, 0) is 14.3 Å². The van der Waals surface area contributed by atoms with Gasteiger partial charge in [0.05, 0.1) is 31.6 Å². The molecule has 2 aromatic rings. The summed E-state index contributed by atoms with van der Waals surface area (Å²) in [5, 5.41) is 2.66. The SMILES string of the molecule is COC(=O)c1cc(N2CCOCC2)ccc1NC(=O)COc1ccc(F)cc1. The van der Waals surface area contributed by atoms with Crippen molar-refractivity contribution in [3.63, 3.8) is 0 Å². The molecule has 0 unspecified atom stereocenters. The number of nitrogens with one attached hydrogen (secondary N) is 1. The molecular weight excluding hydrogens is 367 g/mol. The molecular formula is C20H21FN2O5. The molecule has 0 radical (unpaired) electrons. The molecule has 7 nitrogen and oxygen atoms in total. The van der Waals surface area contributed by atoms with E-state index in [2.05, 4.69) is 10.2 Å². The van der Waals surface area contributed by atoms with Crippen LogP contribution in [0.3, 0.4) is 0 Å². The zero-order chi connectivity index (χ0) is 19.9. The molecule has 1 heterocycles. The van der Waals surface area contributed by atoms with E-state index in [-0.39, 0.29) is 18.0 Å². The quantitative estimate of drug-likeness (QED) is 0.766. The molecule has 1 N–H and O–H groups in total. The van der Waals surface area contributed by atoms with Crippen LogP contribution in [0.25, 0.3) is 0 Å². The highest BCUT2D eigenvalue weighted by molar-refractivity contribution is 6.02. The third-order valence-electron chi connectivity index (χ3n) is 4.24. The molecule has 0 bridgehead atoms. The molecule has 1 saturated heterocycles. The molecule has 0 spiro atoms. The van der Waals surface area contributed by atoms with Gasteiger partial charge < -0.3 is 24.4 Å². The monoisotopic (exact) mass is 388 g/mol. The largest absolute Gasteiger partial charge is 0.484 e. The minimum atomic E-state index is -0.551. The number of nitrogens with zero attached hydrogens (tertiary/aromatic N) is 1. The van der Waals surface area contributed by atoms with E-state index in [1.54, 1.807) is 12.1 Å². The fourth-order valence-electron chi connectivity index (χ4n) is 2.80. The lowest BCUT2D eigenvalue weighted by molar-refractivity contribution is -0.118. The number of carbonyl (C=O) groups excluding carboxylic acids is 2. The summed E-state index contributed by atoms with van der Waals surface area (Å²) in [5.74, 6) is -1.02. The van der Waals surface area contributed by atoms with E-state index in [1.165, 1.54) is 31.4 Å². The normalized spacial score (nSPS) is 13.7. The number of rotatable bonds is 6. The van der Waals surface area contributed by atoms with E-state index < -0.39 is 11.9 Å². The topological polar surface area (TPSA) is 77.1 Å². The van der Waals surface area contributed by atoms with Crippen LogP contribution in [0.15, 0.2) is 42.5 Å². The van der Waals surface area contributed by atoms with Crippen molar-refractivity contribution in [2.24, 2.45) is 0 Å². The van der Waals surface area contributed by atoms with Crippen LogP contribution in [0.2, 0.25) is 0 Å². The summed E-state index contributed by atoms with van der Waals surface area (Å²) in [7, 11) is 1.28. The van der Waals surface area contributed by atoms with Crippen LogP contribution in [0.5, 0.6) is 5.75 Å². The lowest BCUT2D eigenvalue weighted by atomic mass is 10.1. The molecule has 1 fully saturated rings. The van der Waals surface area contributed by atoms with Crippen molar-refractivity contribution in [3.05, 3.63) is 53.8 Å². The smallest absolute Gasteiger partial charge is 0.340 e. The number of hydrogen-bond acceptors (Lipinski definition) is 6. The van der Waals surface area contributed by atoms with Crippen LogP contribution < -0.4 is 15.0 Å². The van der Waals surface area contributed by atoms with E-state index in [0.717, 1.165) is 18.8 Å². The van der Waals surface area contributed by atoms with Crippen molar-refractivity contribution in [1.29, 1.82) is 0 Å². The molecule has 1 aliphatic heterocycles.